The van der Waals surface area contributed by atoms with Crippen molar-refractivity contribution >= 4 is 17.4 Å². The van der Waals surface area contributed by atoms with Gasteiger partial charge in [0.15, 0.2) is 0 Å². The molecule has 2 aromatic rings. The molecule has 0 bridgehead atoms. The maximum Gasteiger partial charge on any atom is 0.573 e. The van der Waals surface area contributed by atoms with Crippen LogP contribution in [-0.2, 0) is 5.75 Å². The van der Waals surface area contributed by atoms with Gasteiger partial charge in [-0.2, -0.15) is 0 Å². The molecule has 112 valence electrons. The number of rotatable bonds is 4. The number of benzene rings is 2. The molecule has 0 saturated heterocycles. The van der Waals surface area contributed by atoms with Crippen LogP contribution in [0.5, 0.6) is 5.75 Å². The molecule has 0 saturated carbocycles. The average molecular weight is 317 g/mol. The van der Waals surface area contributed by atoms with E-state index in [9.17, 15) is 17.6 Å². The third kappa shape index (κ3) is 4.86. The number of ether oxygens (including phenoxy) is 1. The first-order valence-corrected chi connectivity index (χ1v) is 6.84. The summed E-state index contributed by atoms with van der Waals surface area (Å²) < 4.78 is 53.4. The summed E-state index contributed by atoms with van der Waals surface area (Å²) >= 11 is 1.23. The molecule has 21 heavy (non-hydrogen) atoms. The summed E-state index contributed by atoms with van der Waals surface area (Å²) in [6, 6.07) is 9.84. The molecule has 0 aliphatic carbocycles. The minimum absolute atomic E-state index is 0.282. The van der Waals surface area contributed by atoms with E-state index in [1.807, 2.05) is 0 Å². The monoisotopic (exact) mass is 317 g/mol. The minimum atomic E-state index is -4.70. The van der Waals surface area contributed by atoms with E-state index in [2.05, 4.69) is 4.74 Å². The Bertz CT molecular complexity index is 613. The van der Waals surface area contributed by atoms with Gasteiger partial charge in [-0.3, -0.25) is 0 Å². The Morgan fingerprint density at radius 1 is 1.05 bits per heavy atom. The van der Waals surface area contributed by atoms with E-state index in [-0.39, 0.29) is 5.75 Å². The topological polar surface area (TPSA) is 35.2 Å². The zero-order valence-corrected chi connectivity index (χ0v) is 11.5. The van der Waals surface area contributed by atoms with Crippen molar-refractivity contribution < 1.29 is 22.3 Å². The van der Waals surface area contributed by atoms with E-state index < -0.39 is 12.2 Å². The van der Waals surface area contributed by atoms with Crippen molar-refractivity contribution in [3.05, 3.63) is 53.8 Å². The number of anilines is 1. The number of nitrogens with two attached hydrogens (primary N) is 1. The van der Waals surface area contributed by atoms with Crippen molar-refractivity contribution in [2.24, 2.45) is 0 Å². The Morgan fingerprint density at radius 3 is 2.29 bits per heavy atom. The zero-order chi connectivity index (χ0) is 15.5. The molecule has 0 aromatic heterocycles. The normalized spacial score (nSPS) is 11.4. The predicted octanol–water partition coefficient (Wildman–Crippen LogP) is 4.60. The summed E-state index contributed by atoms with van der Waals surface area (Å²) in [6.45, 7) is 0. The molecule has 0 heterocycles. The van der Waals surface area contributed by atoms with Crippen LogP contribution in [0.2, 0.25) is 0 Å². The standard InChI is InChI=1S/C14H11F4NOS/c15-12-7-10(19)3-6-13(12)21-8-9-1-4-11(5-2-9)20-14(16,17)18/h1-7H,8,19H2. The van der Waals surface area contributed by atoms with Crippen LogP contribution >= 0.6 is 11.8 Å². The highest BCUT2D eigenvalue weighted by Crippen LogP contribution is 2.28. The Morgan fingerprint density at radius 2 is 1.71 bits per heavy atom. The van der Waals surface area contributed by atoms with E-state index in [0.717, 1.165) is 5.56 Å². The minimum Gasteiger partial charge on any atom is -0.406 e. The molecule has 0 amide bonds. The first-order valence-electron chi connectivity index (χ1n) is 5.86. The third-order valence-corrected chi connectivity index (χ3v) is 3.63. The quantitative estimate of drug-likeness (QED) is 0.508. The van der Waals surface area contributed by atoms with Gasteiger partial charge in [0.05, 0.1) is 0 Å². The van der Waals surface area contributed by atoms with Crippen molar-refractivity contribution in [2.45, 2.75) is 17.0 Å². The molecule has 7 heteroatoms. The van der Waals surface area contributed by atoms with Crippen LogP contribution in [0, 0.1) is 5.82 Å². The van der Waals surface area contributed by atoms with Gasteiger partial charge in [0.25, 0.3) is 0 Å². The van der Waals surface area contributed by atoms with Gasteiger partial charge in [-0.05, 0) is 35.9 Å². The molecule has 0 fully saturated rings. The molecule has 0 radical (unpaired) electrons. The number of hydrogen-bond donors (Lipinski definition) is 1. The molecule has 2 nitrogen and oxygen atoms in total. The van der Waals surface area contributed by atoms with Crippen molar-refractivity contribution in [3.63, 3.8) is 0 Å². The van der Waals surface area contributed by atoms with Crippen LogP contribution in [0.3, 0.4) is 0 Å². The Balaban J connectivity index is 1.97. The summed E-state index contributed by atoms with van der Waals surface area (Å²) in [5.41, 5.74) is 6.54. The van der Waals surface area contributed by atoms with Gasteiger partial charge < -0.3 is 10.5 Å². The van der Waals surface area contributed by atoms with Crippen molar-refractivity contribution in [3.8, 4) is 5.75 Å². The fourth-order valence-corrected chi connectivity index (χ4v) is 2.46. The van der Waals surface area contributed by atoms with Crippen molar-refractivity contribution in [2.75, 3.05) is 5.73 Å². The first-order chi connectivity index (χ1) is 9.83. The SMILES string of the molecule is Nc1ccc(SCc2ccc(OC(F)(F)F)cc2)c(F)c1. The lowest BCUT2D eigenvalue weighted by atomic mass is 10.2. The van der Waals surface area contributed by atoms with E-state index >= 15 is 0 Å². The fourth-order valence-electron chi connectivity index (χ4n) is 1.58. The summed E-state index contributed by atoms with van der Waals surface area (Å²) in [4.78, 5) is 0.430. The number of halogens is 4. The lowest BCUT2D eigenvalue weighted by molar-refractivity contribution is -0.274. The second kappa shape index (κ2) is 6.26. The highest BCUT2D eigenvalue weighted by atomic mass is 32.2. The first kappa shape index (κ1) is 15.5. The highest BCUT2D eigenvalue weighted by Gasteiger charge is 2.30. The van der Waals surface area contributed by atoms with E-state index in [1.54, 1.807) is 12.1 Å². The van der Waals surface area contributed by atoms with E-state index in [4.69, 9.17) is 5.73 Å². The van der Waals surface area contributed by atoms with Gasteiger partial charge in [-0.15, -0.1) is 24.9 Å². The molecule has 2 N–H and O–H groups in total. The maximum absolute atomic E-state index is 13.6. The number of nitrogen functional groups attached to an aromatic ring is 1. The Hall–Kier alpha value is -1.89. The van der Waals surface area contributed by atoms with Crippen LogP contribution in [-0.4, -0.2) is 6.36 Å². The Labute approximate surface area is 122 Å². The second-order valence-corrected chi connectivity index (χ2v) is 5.19. The molecular weight excluding hydrogens is 306 g/mol. The highest BCUT2D eigenvalue weighted by molar-refractivity contribution is 7.98. The number of thioether (sulfide) groups is 1. The van der Waals surface area contributed by atoms with Gasteiger partial charge in [-0.25, -0.2) is 4.39 Å². The number of hydrogen-bond acceptors (Lipinski definition) is 3. The summed E-state index contributed by atoms with van der Waals surface area (Å²) in [5.74, 6) is -0.278. The molecule has 0 aliphatic heterocycles. The molecule has 0 aliphatic rings. The number of alkyl halides is 3. The third-order valence-electron chi connectivity index (χ3n) is 2.51. The van der Waals surface area contributed by atoms with Crippen LogP contribution in [0.25, 0.3) is 0 Å². The molecule has 0 spiro atoms. The van der Waals surface area contributed by atoms with Gasteiger partial charge in [0.2, 0.25) is 0 Å². The van der Waals surface area contributed by atoms with Gasteiger partial charge >= 0.3 is 6.36 Å². The lowest BCUT2D eigenvalue weighted by Crippen LogP contribution is -2.16. The van der Waals surface area contributed by atoms with Crippen LogP contribution in [0.15, 0.2) is 47.4 Å². The molecular formula is C14H11F4NOS. The Kier molecular flexibility index (Phi) is 4.62. The molecule has 0 atom stereocenters. The van der Waals surface area contributed by atoms with Crippen molar-refractivity contribution in [1.82, 2.24) is 0 Å². The largest absolute Gasteiger partial charge is 0.573 e. The average Bonchev–Trinajstić information content (AvgIpc) is 2.38. The smallest absolute Gasteiger partial charge is 0.406 e. The van der Waals surface area contributed by atoms with Crippen LogP contribution < -0.4 is 10.5 Å². The molecule has 2 rings (SSSR count). The molecule has 0 unspecified atom stereocenters. The van der Waals surface area contributed by atoms with Gasteiger partial charge in [0, 0.05) is 16.3 Å². The fraction of sp³-hybridized carbons (Fsp3) is 0.143. The van der Waals surface area contributed by atoms with Crippen LogP contribution in [0.1, 0.15) is 5.56 Å². The summed E-state index contributed by atoms with van der Waals surface area (Å²) in [7, 11) is 0. The maximum atomic E-state index is 13.6. The second-order valence-electron chi connectivity index (χ2n) is 4.17. The van der Waals surface area contributed by atoms with Gasteiger partial charge in [-0.1, -0.05) is 12.1 Å². The van der Waals surface area contributed by atoms with E-state index in [0.29, 0.717) is 16.3 Å². The summed E-state index contributed by atoms with van der Waals surface area (Å²) in [5, 5.41) is 0. The van der Waals surface area contributed by atoms with Crippen LogP contribution in [0.4, 0.5) is 23.2 Å². The zero-order valence-electron chi connectivity index (χ0n) is 10.7. The molecule has 2 aromatic carbocycles. The van der Waals surface area contributed by atoms with E-state index in [1.165, 1.54) is 42.1 Å². The lowest BCUT2D eigenvalue weighted by Gasteiger charge is -2.09. The predicted molar refractivity (Wildman–Crippen MR) is 73.5 cm³/mol. The van der Waals surface area contributed by atoms with Crippen molar-refractivity contribution in [1.29, 1.82) is 0 Å². The van der Waals surface area contributed by atoms with Gasteiger partial charge in [0.1, 0.15) is 11.6 Å². The summed E-state index contributed by atoms with van der Waals surface area (Å²) in [6.07, 6.45) is -4.70.